The van der Waals surface area contributed by atoms with Gasteiger partial charge in [0, 0.05) is 66.4 Å². The van der Waals surface area contributed by atoms with Gasteiger partial charge in [-0.05, 0) is 38.1 Å². The Labute approximate surface area is 202 Å². The third-order valence-electron chi connectivity index (χ3n) is 6.67. The molecule has 1 fully saturated rings. The van der Waals surface area contributed by atoms with Crippen LogP contribution in [0.1, 0.15) is 22.5 Å². The fourth-order valence-electron chi connectivity index (χ4n) is 4.89. The van der Waals surface area contributed by atoms with Gasteiger partial charge in [-0.1, -0.05) is 0 Å². The summed E-state index contributed by atoms with van der Waals surface area (Å²) in [5, 5.41) is 3.32. The lowest BCUT2D eigenvalue weighted by Crippen LogP contribution is -2.36. The summed E-state index contributed by atoms with van der Waals surface area (Å²) in [6, 6.07) is 7.30. The number of nitrogens with zero attached hydrogens (tertiary/aromatic N) is 5. The van der Waals surface area contributed by atoms with E-state index in [-0.39, 0.29) is 5.82 Å². The molecule has 0 unspecified atom stereocenters. The summed E-state index contributed by atoms with van der Waals surface area (Å²) in [7, 11) is 0. The fraction of sp³-hybridized carbons (Fsp3) is 0.346. The minimum Gasteiger partial charge on any atom is -0.493 e. The zero-order chi connectivity index (χ0) is 23.9. The monoisotopic (exact) mass is 474 g/mol. The lowest BCUT2D eigenvalue weighted by atomic mass is 10.0. The van der Waals surface area contributed by atoms with E-state index in [0.717, 1.165) is 71.6 Å². The normalized spacial score (nSPS) is 15.3. The van der Waals surface area contributed by atoms with Crippen LogP contribution in [0.4, 0.5) is 16.2 Å². The van der Waals surface area contributed by atoms with Crippen molar-refractivity contribution in [1.29, 1.82) is 0 Å². The van der Waals surface area contributed by atoms with Gasteiger partial charge in [0.05, 0.1) is 25.5 Å². The van der Waals surface area contributed by atoms with Crippen LogP contribution in [-0.4, -0.2) is 52.3 Å². The predicted molar refractivity (Wildman–Crippen MR) is 132 cm³/mol. The molecule has 2 aliphatic heterocycles. The number of morpholine rings is 1. The fourth-order valence-corrected chi connectivity index (χ4v) is 4.89. The number of ether oxygens (including phenoxy) is 2. The van der Waals surface area contributed by atoms with E-state index >= 15 is 0 Å². The maximum atomic E-state index is 14.6. The smallest absolute Gasteiger partial charge is 0.208 e. The van der Waals surface area contributed by atoms with Gasteiger partial charge in [0.15, 0.2) is 0 Å². The van der Waals surface area contributed by atoms with Gasteiger partial charge in [0.25, 0.3) is 0 Å². The lowest BCUT2D eigenvalue weighted by Gasteiger charge is -2.28. The van der Waals surface area contributed by atoms with Gasteiger partial charge < -0.3 is 19.7 Å². The molecule has 2 aliphatic rings. The molecule has 35 heavy (non-hydrogen) atoms. The molecular weight excluding hydrogens is 447 g/mol. The Balaban J connectivity index is 1.32. The minimum atomic E-state index is -0.238. The molecule has 3 aromatic heterocycles. The molecule has 6 rings (SSSR count). The molecule has 0 spiro atoms. The maximum absolute atomic E-state index is 14.6. The Hall–Kier alpha value is -3.72. The molecule has 0 aliphatic carbocycles. The minimum absolute atomic E-state index is 0.238. The van der Waals surface area contributed by atoms with Gasteiger partial charge in [0.2, 0.25) is 5.95 Å². The standard InChI is InChI=1S/C26H27FN6O2/c1-16-15-33-25(30-16)21(18-3-6-24(31-17(18)2)32-8-11-34-12-9-32)14-29-26(33)28-13-20-19-7-10-35-23(19)5-4-22(20)27/h3-6,14-15H,7-13H2,1-2H3,(H,28,29). The molecule has 5 heterocycles. The number of hydrogen-bond donors (Lipinski definition) is 1. The molecule has 9 heteroatoms. The number of hydrogen-bond acceptors (Lipinski definition) is 7. The number of halogens is 1. The molecule has 1 N–H and O–H groups in total. The van der Waals surface area contributed by atoms with Crippen molar-refractivity contribution < 1.29 is 13.9 Å². The quantitative estimate of drug-likeness (QED) is 0.470. The Bertz CT molecular complexity index is 1410. The third kappa shape index (κ3) is 3.95. The second kappa shape index (κ2) is 8.81. The third-order valence-corrected chi connectivity index (χ3v) is 6.67. The van der Waals surface area contributed by atoms with Gasteiger partial charge in [-0.15, -0.1) is 0 Å². The first-order valence-corrected chi connectivity index (χ1v) is 11.9. The van der Waals surface area contributed by atoms with E-state index in [1.165, 1.54) is 6.07 Å². The first kappa shape index (κ1) is 21.8. The van der Waals surface area contributed by atoms with Crippen LogP contribution < -0.4 is 15.0 Å². The average molecular weight is 475 g/mol. The van der Waals surface area contributed by atoms with Gasteiger partial charge in [-0.3, -0.25) is 4.40 Å². The van der Waals surface area contributed by atoms with E-state index in [2.05, 4.69) is 16.3 Å². The van der Waals surface area contributed by atoms with Gasteiger partial charge in [-0.25, -0.2) is 19.3 Å². The van der Waals surface area contributed by atoms with Crippen molar-refractivity contribution in [2.24, 2.45) is 0 Å². The SMILES string of the molecule is Cc1cn2c(NCc3c(F)ccc4c3CCO4)ncc(-c3ccc(N4CCOCC4)nc3C)c2n1. The van der Waals surface area contributed by atoms with Crippen LogP contribution in [0.25, 0.3) is 16.8 Å². The van der Waals surface area contributed by atoms with E-state index in [4.69, 9.17) is 24.4 Å². The van der Waals surface area contributed by atoms with Crippen LogP contribution in [0.5, 0.6) is 5.75 Å². The summed E-state index contributed by atoms with van der Waals surface area (Å²) in [4.78, 5) is 16.6. The second-order valence-electron chi connectivity index (χ2n) is 8.93. The predicted octanol–water partition coefficient (Wildman–Crippen LogP) is 3.93. The van der Waals surface area contributed by atoms with Gasteiger partial charge >= 0.3 is 0 Å². The van der Waals surface area contributed by atoms with Crippen molar-refractivity contribution in [3.63, 3.8) is 0 Å². The van der Waals surface area contributed by atoms with Crippen LogP contribution in [0.15, 0.2) is 36.7 Å². The first-order chi connectivity index (χ1) is 17.1. The van der Waals surface area contributed by atoms with E-state index < -0.39 is 0 Å². The average Bonchev–Trinajstić information content (AvgIpc) is 3.50. The Morgan fingerprint density at radius 2 is 1.89 bits per heavy atom. The molecule has 0 amide bonds. The number of benzene rings is 1. The molecule has 0 saturated carbocycles. The first-order valence-electron chi connectivity index (χ1n) is 11.9. The van der Waals surface area contributed by atoms with E-state index in [1.54, 1.807) is 6.07 Å². The number of anilines is 2. The number of aromatic nitrogens is 4. The van der Waals surface area contributed by atoms with Crippen LogP contribution in [0, 0.1) is 19.7 Å². The lowest BCUT2D eigenvalue weighted by molar-refractivity contribution is 0.122. The van der Waals surface area contributed by atoms with Crippen LogP contribution >= 0.6 is 0 Å². The summed E-state index contributed by atoms with van der Waals surface area (Å²) in [5.41, 5.74) is 6.01. The zero-order valence-corrected chi connectivity index (χ0v) is 19.8. The zero-order valence-electron chi connectivity index (χ0n) is 19.8. The molecule has 8 nitrogen and oxygen atoms in total. The number of fused-ring (bicyclic) bond motifs is 2. The summed E-state index contributed by atoms with van der Waals surface area (Å²) < 4.78 is 27.6. The van der Waals surface area contributed by atoms with Gasteiger partial charge in [-0.2, -0.15) is 0 Å². The number of aryl methyl sites for hydroxylation is 2. The highest BCUT2D eigenvalue weighted by molar-refractivity contribution is 5.80. The Morgan fingerprint density at radius 1 is 1.03 bits per heavy atom. The highest BCUT2D eigenvalue weighted by Crippen LogP contribution is 2.32. The number of pyridine rings is 1. The number of nitrogens with one attached hydrogen (secondary N) is 1. The summed E-state index contributed by atoms with van der Waals surface area (Å²) in [6.45, 7) is 7.98. The van der Waals surface area contributed by atoms with E-state index in [0.29, 0.717) is 31.1 Å². The van der Waals surface area contributed by atoms with E-state index in [9.17, 15) is 4.39 Å². The summed E-state index contributed by atoms with van der Waals surface area (Å²) >= 11 is 0. The molecular formula is C26H27FN6O2. The second-order valence-corrected chi connectivity index (χ2v) is 8.93. The van der Waals surface area contributed by atoms with E-state index in [1.807, 2.05) is 36.7 Å². The van der Waals surface area contributed by atoms with Crippen LogP contribution in [-0.2, 0) is 17.7 Å². The van der Waals surface area contributed by atoms with Crippen molar-refractivity contribution >= 4 is 17.4 Å². The number of rotatable bonds is 5. The van der Waals surface area contributed by atoms with Crippen molar-refractivity contribution in [1.82, 2.24) is 19.4 Å². The molecule has 4 aromatic rings. The summed E-state index contributed by atoms with van der Waals surface area (Å²) in [6.07, 6.45) is 4.47. The van der Waals surface area contributed by atoms with Crippen molar-refractivity contribution in [2.45, 2.75) is 26.8 Å². The molecule has 1 aromatic carbocycles. The number of imidazole rings is 1. The molecule has 0 atom stereocenters. The summed E-state index contributed by atoms with van der Waals surface area (Å²) in [5.74, 6) is 2.09. The molecule has 0 radical (unpaired) electrons. The van der Waals surface area contributed by atoms with Crippen molar-refractivity contribution in [3.8, 4) is 16.9 Å². The largest absolute Gasteiger partial charge is 0.493 e. The highest BCUT2D eigenvalue weighted by atomic mass is 19.1. The molecule has 1 saturated heterocycles. The molecule has 180 valence electrons. The van der Waals surface area contributed by atoms with Crippen molar-refractivity contribution in [2.75, 3.05) is 43.1 Å². The Morgan fingerprint density at radius 3 is 2.71 bits per heavy atom. The maximum Gasteiger partial charge on any atom is 0.208 e. The topological polar surface area (TPSA) is 76.8 Å². The Kier molecular flexibility index (Phi) is 5.49. The molecule has 0 bridgehead atoms. The van der Waals surface area contributed by atoms with Crippen LogP contribution in [0.3, 0.4) is 0 Å². The van der Waals surface area contributed by atoms with Gasteiger partial charge in [0.1, 0.15) is 23.0 Å². The van der Waals surface area contributed by atoms with Crippen LogP contribution in [0.2, 0.25) is 0 Å². The van der Waals surface area contributed by atoms with Crippen molar-refractivity contribution in [3.05, 3.63) is 65.0 Å². The highest BCUT2D eigenvalue weighted by Gasteiger charge is 2.21.